The summed E-state index contributed by atoms with van der Waals surface area (Å²) in [6.07, 6.45) is 0.857. The van der Waals surface area contributed by atoms with Gasteiger partial charge in [-0.05, 0) is 40.4 Å². The molecule has 0 rings (SSSR count). The molecule has 6 heteroatoms. The number of hydrogen-bond acceptors (Lipinski definition) is 5. The third-order valence-electron chi connectivity index (χ3n) is 2.45. The third-order valence-corrected chi connectivity index (χ3v) is 3.72. The molecule has 1 unspecified atom stereocenters. The molecule has 0 aliphatic rings. The van der Waals surface area contributed by atoms with Crippen molar-refractivity contribution in [1.29, 1.82) is 0 Å². The zero-order chi connectivity index (χ0) is 16.7. The van der Waals surface area contributed by atoms with E-state index in [0.29, 0.717) is 0 Å². The van der Waals surface area contributed by atoms with Gasteiger partial charge in [0.05, 0.1) is 0 Å². The van der Waals surface area contributed by atoms with E-state index in [2.05, 4.69) is 11.9 Å². The van der Waals surface area contributed by atoms with E-state index in [0.717, 1.165) is 5.75 Å². The highest BCUT2D eigenvalue weighted by atomic mass is 32.2. The number of esters is 1. The van der Waals surface area contributed by atoms with Crippen LogP contribution in [0.2, 0.25) is 0 Å². The summed E-state index contributed by atoms with van der Waals surface area (Å²) >= 11 is 1.57. The predicted octanol–water partition coefficient (Wildman–Crippen LogP) is 3.14. The van der Waals surface area contributed by atoms with Crippen LogP contribution in [0.25, 0.3) is 0 Å². The molecule has 1 atom stereocenters. The number of thioether (sulfide) groups is 1. The summed E-state index contributed by atoms with van der Waals surface area (Å²) in [7, 11) is 0. The van der Waals surface area contributed by atoms with Crippen molar-refractivity contribution in [1.82, 2.24) is 5.32 Å². The lowest BCUT2D eigenvalue weighted by Gasteiger charge is -2.33. The zero-order valence-electron chi connectivity index (χ0n) is 13.8. The molecule has 0 fully saturated rings. The summed E-state index contributed by atoms with van der Waals surface area (Å²) < 4.78 is 9.78. The number of amides is 1. The Morgan fingerprint density at radius 1 is 1.29 bits per heavy atom. The molecular weight excluding hydrogens is 290 g/mol. The highest BCUT2D eigenvalue weighted by Gasteiger charge is 2.38. The maximum atomic E-state index is 12.2. The number of ether oxygens (including phenoxy) is 2. The van der Waals surface area contributed by atoms with Crippen LogP contribution in [0.5, 0.6) is 0 Å². The van der Waals surface area contributed by atoms with Gasteiger partial charge < -0.3 is 14.8 Å². The topological polar surface area (TPSA) is 64.6 Å². The van der Waals surface area contributed by atoms with Crippen LogP contribution in [0.3, 0.4) is 0 Å². The fraction of sp³-hybridized carbons (Fsp3) is 0.733. The molecule has 0 bridgehead atoms. The zero-order valence-corrected chi connectivity index (χ0v) is 14.6. The average Bonchev–Trinajstić information content (AvgIpc) is 2.30. The van der Waals surface area contributed by atoms with Gasteiger partial charge in [0.15, 0.2) is 0 Å². The lowest BCUT2D eigenvalue weighted by Crippen LogP contribution is -2.54. The number of alkyl carbamates (subject to hydrolysis) is 1. The second-order valence-electron chi connectivity index (χ2n) is 6.03. The van der Waals surface area contributed by atoms with Crippen molar-refractivity contribution >= 4 is 23.8 Å². The monoisotopic (exact) mass is 317 g/mol. The molecule has 0 aliphatic heterocycles. The van der Waals surface area contributed by atoms with Crippen LogP contribution < -0.4 is 5.32 Å². The van der Waals surface area contributed by atoms with Crippen LogP contribution in [0.4, 0.5) is 4.79 Å². The first-order valence-corrected chi connectivity index (χ1v) is 7.93. The lowest BCUT2D eigenvalue weighted by molar-refractivity contribution is -0.145. The molecule has 5 nitrogen and oxygen atoms in total. The van der Waals surface area contributed by atoms with Crippen molar-refractivity contribution in [3.8, 4) is 0 Å². The van der Waals surface area contributed by atoms with Gasteiger partial charge in [0, 0.05) is 4.75 Å². The van der Waals surface area contributed by atoms with E-state index in [1.165, 1.54) is 6.08 Å². The van der Waals surface area contributed by atoms with Crippen molar-refractivity contribution < 1.29 is 19.1 Å². The second-order valence-corrected chi connectivity index (χ2v) is 7.95. The van der Waals surface area contributed by atoms with Gasteiger partial charge in [-0.1, -0.05) is 19.6 Å². The van der Waals surface area contributed by atoms with E-state index < -0.39 is 28.5 Å². The highest BCUT2D eigenvalue weighted by Crippen LogP contribution is 2.29. The Balaban J connectivity index is 5.00. The molecule has 0 saturated carbocycles. The first-order chi connectivity index (χ1) is 9.53. The van der Waals surface area contributed by atoms with Gasteiger partial charge in [0.2, 0.25) is 0 Å². The summed E-state index contributed by atoms with van der Waals surface area (Å²) in [4.78, 5) is 24.1. The molecule has 0 aromatic heterocycles. The first-order valence-electron chi connectivity index (χ1n) is 6.94. The number of carbonyl (C=O) groups is 2. The molecule has 0 saturated heterocycles. The molecule has 122 valence electrons. The Kier molecular flexibility index (Phi) is 7.85. The van der Waals surface area contributed by atoms with Gasteiger partial charge in [0.1, 0.15) is 18.2 Å². The summed E-state index contributed by atoms with van der Waals surface area (Å²) in [5.41, 5.74) is -0.623. The number of carbonyl (C=O) groups excluding carboxylic acids is 2. The molecule has 0 heterocycles. The number of rotatable bonds is 7. The van der Waals surface area contributed by atoms with Crippen LogP contribution in [-0.2, 0) is 14.3 Å². The predicted molar refractivity (Wildman–Crippen MR) is 86.5 cm³/mol. The van der Waals surface area contributed by atoms with E-state index in [1.807, 2.05) is 20.8 Å². The maximum Gasteiger partial charge on any atom is 0.408 e. The minimum atomic E-state index is -0.794. The van der Waals surface area contributed by atoms with Gasteiger partial charge in [-0.15, -0.1) is 0 Å². The number of nitrogens with one attached hydrogen (secondary N) is 1. The van der Waals surface area contributed by atoms with Crippen molar-refractivity contribution in [3.05, 3.63) is 12.7 Å². The van der Waals surface area contributed by atoms with Gasteiger partial charge in [-0.25, -0.2) is 9.59 Å². The van der Waals surface area contributed by atoms with E-state index in [-0.39, 0.29) is 6.61 Å². The Hall–Kier alpha value is -1.17. The van der Waals surface area contributed by atoms with Crippen molar-refractivity contribution in [2.75, 3.05) is 12.4 Å². The third kappa shape index (κ3) is 7.99. The van der Waals surface area contributed by atoms with Gasteiger partial charge in [-0.2, -0.15) is 11.8 Å². The average molecular weight is 317 g/mol. The molecule has 0 aromatic carbocycles. The van der Waals surface area contributed by atoms with E-state index in [4.69, 9.17) is 9.47 Å². The first kappa shape index (κ1) is 19.8. The Bertz CT molecular complexity index is 374. The van der Waals surface area contributed by atoms with Crippen LogP contribution in [0.1, 0.15) is 41.5 Å². The fourth-order valence-electron chi connectivity index (χ4n) is 1.62. The van der Waals surface area contributed by atoms with Gasteiger partial charge in [-0.3, -0.25) is 0 Å². The largest absolute Gasteiger partial charge is 0.460 e. The van der Waals surface area contributed by atoms with Crippen LogP contribution in [-0.4, -0.2) is 40.8 Å². The van der Waals surface area contributed by atoms with Crippen LogP contribution in [0, 0.1) is 0 Å². The number of hydrogen-bond donors (Lipinski definition) is 1. The van der Waals surface area contributed by atoms with Gasteiger partial charge >= 0.3 is 12.1 Å². The molecule has 1 amide bonds. The van der Waals surface area contributed by atoms with Crippen molar-refractivity contribution in [2.45, 2.75) is 57.9 Å². The Morgan fingerprint density at radius 2 is 1.86 bits per heavy atom. The SMILES string of the molecule is C=CCOC(=O)C(NC(=O)OC(C)(C)C)C(C)(C)SCC. The van der Waals surface area contributed by atoms with Crippen LogP contribution in [0.15, 0.2) is 12.7 Å². The molecule has 0 radical (unpaired) electrons. The molecular formula is C15H27NO4S. The van der Waals surface area contributed by atoms with Crippen molar-refractivity contribution in [2.24, 2.45) is 0 Å². The summed E-state index contributed by atoms with van der Waals surface area (Å²) in [6.45, 7) is 14.7. The fourth-order valence-corrected chi connectivity index (χ4v) is 2.69. The summed E-state index contributed by atoms with van der Waals surface area (Å²) in [5.74, 6) is 0.320. The lowest BCUT2D eigenvalue weighted by atomic mass is 10.0. The van der Waals surface area contributed by atoms with E-state index in [1.54, 1.807) is 32.5 Å². The van der Waals surface area contributed by atoms with Crippen molar-refractivity contribution in [3.63, 3.8) is 0 Å². The minimum absolute atomic E-state index is 0.109. The molecule has 0 spiro atoms. The molecule has 0 aliphatic carbocycles. The summed E-state index contributed by atoms with van der Waals surface area (Å²) in [5, 5.41) is 2.62. The van der Waals surface area contributed by atoms with Gasteiger partial charge in [0.25, 0.3) is 0 Å². The standard InChI is InChI=1S/C15H27NO4S/c1-8-10-19-12(17)11(15(6,7)21-9-2)16-13(18)20-14(3,4)5/h8,11H,1,9-10H2,2-7H3,(H,16,18). The smallest absolute Gasteiger partial charge is 0.408 e. The summed E-state index contributed by atoms with van der Waals surface area (Å²) in [6, 6.07) is -0.794. The Labute approximate surface area is 131 Å². The maximum absolute atomic E-state index is 12.2. The highest BCUT2D eigenvalue weighted by molar-refractivity contribution is 8.00. The second kappa shape index (κ2) is 8.32. The Morgan fingerprint density at radius 3 is 2.29 bits per heavy atom. The molecule has 0 aromatic rings. The minimum Gasteiger partial charge on any atom is -0.460 e. The van der Waals surface area contributed by atoms with E-state index >= 15 is 0 Å². The molecule has 1 N–H and O–H groups in total. The normalized spacial score (nSPS) is 13.2. The van der Waals surface area contributed by atoms with Crippen LogP contribution >= 0.6 is 11.8 Å². The quantitative estimate of drug-likeness (QED) is 0.577. The molecule has 21 heavy (non-hydrogen) atoms. The van der Waals surface area contributed by atoms with E-state index in [9.17, 15) is 9.59 Å².